The summed E-state index contributed by atoms with van der Waals surface area (Å²) in [6.07, 6.45) is 7.85. The fourth-order valence-corrected chi connectivity index (χ4v) is 5.54. The molecule has 1 saturated carbocycles. The number of aliphatic hydroxyl groups excluding tert-OH is 2. The molecular weight excluding hydrogens is 428 g/mol. The number of unbranched alkanes of at least 4 members (excludes halogenated alkanes) is 2. The van der Waals surface area contributed by atoms with Crippen molar-refractivity contribution in [2.75, 3.05) is 13.2 Å². The van der Waals surface area contributed by atoms with Crippen LogP contribution in [-0.4, -0.2) is 41.6 Å². The normalized spacial score (nSPS) is 23.4. The highest BCUT2D eigenvalue weighted by atomic mass is 16.6. The van der Waals surface area contributed by atoms with Crippen molar-refractivity contribution in [3.05, 3.63) is 29.3 Å². The fourth-order valence-electron chi connectivity index (χ4n) is 5.54. The van der Waals surface area contributed by atoms with Crippen LogP contribution < -0.4 is 4.74 Å². The summed E-state index contributed by atoms with van der Waals surface area (Å²) in [5.74, 6) is 11.8. The number of carbonyl (C=O) groups excluding carboxylic acids is 1. The van der Waals surface area contributed by atoms with Crippen LogP contribution in [0.4, 0.5) is 0 Å². The number of rotatable bonds is 11. The minimum atomic E-state index is -0.459. The largest absolute Gasteiger partial charge is 0.482 e. The van der Waals surface area contributed by atoms with Gasteiger partial charge in [-0.3, -0.25) is 0 Å². The Morgan fingerprint density at radius 3 is 2.85 bits per heavy atom. The molecule has 184 valence electrons. The van der Waals surface area contributed by atoms with Gasteiger partial charge in [-0.1, -0.05) is 44.2 Å². The van der Waals surface area contributed by atoms with Gasteiger partial charge in [0.05, 0.1) is 12.2 Å². The van der Waals surface area contributed by atoms with Crippen LogP contribution in [0, 0.1) is 41.4 Å². The smallest absolute Gasteiger partial charge is 0.345 e. The maximum atomic E-state index is 12.0. The van der Waals surface area contributed by atoms with Gasteiger partial charge in [-0.2, -0.15) is 0 Å². The first kappa shape index (κ1) is 26.1. The molecule has 2 N–H and O–H groups in total. The molecule has 1 aromatic rings. The lowest BCUT2D eigenvalue weighted by molar-refractivity contribution is -0.144. The summed E-state index contributed by atoms with van der Waals surface area (Å²) in [4.78, 5) is 12.0. The number of fused-ring (bicyclic) bond motifs is 2. The van der Waals surface area contributed by atoms with Crippen molar-refractivity contribution >= 4 is 5.97 Å². The molecule has 0 heterocycles. The lowest BCUT2D eigenvalue weighted by atomic mass is 9.73. The third-order valence-electron chi connectivity index (χ3n) is 7.25. The van der Waals surface area contributed by atoms with E-state index in [0.29, 0.717) is 11.8 Å². The fraction of sp³-hybridized carbons (Fsp3) is 0.621. The molecule has 0 aromatic heterocycles. The lowest BCUT2D eigenvalue weighted by Crippen LogP contribution is -2.28. The first-order valence-electron chi connectivity index (χ1n) is 12.7. The van der Waals surface area contributed by atoms with Crippen molar-refractivity contribution in [3.8, 4) is 29.4 Å². The number of esters is 1. The molecule has 1 fully saturated rings. The molecule has 0 spiro atoms. The standard InChI is InChI=1S/C29H38O5/c1-3-5-7-9-16-33-29(32)20-34-28-13-10-11-21-17-25-22(18-26(21)28)19-27(31)24(25)15-14-23(30)12-8-6-4-2/h10-11,13,22-25,27,30-31H,4,6,8,12,14-20H2,1-2H3/t22-,23-,24+,25-,27+/m0/s1. The molecule has 0 radical (unpaired) electrons. The van der Waals surface area contributed by atoms with E-state index in [1.165, 1.54) is 5.56 Å². The molecule has 5 atom stereocenters. The van der Waals surface area contributed by atoms with Gasteiger partial charge in [-0.25, -0.2) is 4.79 Å². The molecule has 0 aliphatic heterocycles. The van der Waals surface area contributed by atoms with Crippen LogP contribution in [-0.2, 0) is 22.4 Å². The van der Waals surface area contributed by atoms with E-state index in [1.807, 2.05) is 12.1 Å². The molecular formula is C29H38O5. The van der Waals surface area contributed by atoms with Crippen molar-refractivity contribution in [2.24, 2.45) is 17.8 Å². The zero-order valence-corrected chi connectivity index (χ0v) is 20.5. The van der Waals surface area contributed by atoms with Gasteiger partial charge in [0.25, 0.3) is 0 Å². The summed E-state index contributed by atoms with van der Waals surface area (Å²) in [6.45, 7) is 3.71. The second-order valence-electron chi connectivity index (χ2n) is 9.55. The molecule has 0 bridgehead atoms. The van der Waals surface area contributed by atoms with E-state index in [4.69, 9.17) is 9.47 Å². The zero-order valence-electron chi connectivity index (χ0n) is 20.5. The predicted molar refractivity (Wildman–Crippen MR) is 132 cm³/mol. The van der Waals surface area contributed by atoms with E-state index in [1.54, 1.807) is 6.92 Å². The average Bonchev–Trinajstić information content (AvgIpc) is 3.13. The SMILES string of the molecule is CC#CC#CCOC(=O)COc1cccc2c1C[C@H]1C[C@@H](O)[C@H](CC[C@@H](O)CCCCC)[C@H]1C2. The van der Waals surface area contributed by atoms with Gasteiger partial charge in [0.15, 0.2) is 13.2 Å². The van der Waals surface area contributed by atoms with Crippen LogP contribution in [0.15, 0.2) is 18.2 Å². The van der Waals surface area contributed by atoms with Gasteiger partial charge < -0.3 is 19.7 Å². The summed E-state index contributed by atoms with van der Waals surface area (Å²) in [7, 11) is 0. The average molecular weight is 467 g/mol. The van der Waals surface area contributed by atoms with Gasteiger partial charge in [0, 0.05) is 0 Å². The number of carbonyl (C=O) groups is 1. The Bertz CT molecular complexity index is 931. The van der Waals surface area contributed by atoms with Gasteiger partial charge in [-0.05, 0) is 98.2 Å². The Kier molecular flexibility index (Phi) is 10.3. The van der Waals surface area contributed by atoms with Gasteiger partial charge in [0.2, 0.25) is 0 Å². The highest BCUT2D eigenvalue weighted by molar-refractivity contribution is 5.71. The molecule has 5 heteroatoms. The molecule has 3 rings (SSSR count). The van der Waals surface area contributed by atoms with Crippen molar-refractivity contribution < 1.29 is 24.5 Å². The van der Waals surface area contributed by atoms with E-state index >= 15 is 0 Å². The number of aliphatic hydroxyl groups is 2. The number of benzene rings is 1. The molecule has 0 amide bonds. The quantitative estimate of drug-likeness (QED) is 0.292. The minimum Gasteiger partial charge on any atom is -0.482 e. The minimum absolute atomic E-state index is 0.000101. The third kappa shape index (κ3) is 7.26. The van der Waals surface area contributed by atoms with Crippen molar-refractivity contribution in [2.45, 2.75) is 83.8 Å². The molecule has 0 unspecified atom stereocenters. The topological polar surface area (TPSA) is 76.0 Å². The van der Waals surface area contributed by atoms with Crippen LogP contribution in [0.25, 0.3) is 0 Å². The number of ether oxygens (including phenoxy) is 2. The Morgan fingerprint density at radius 1 is 1.21 bits per heavy atom. The monoisotopic (exact) mass is 466 g/mol. The Balaban J connectivity index is 1.55. The van der Waals surface area contributed by atoms with E-state index in [-0.39, 0.29) is 31.3 Å². The summed E-state index contributed by atoms with van der Waals surface area (Å²) in [5.41, 5.74) is 2.38. The first-order valence-corrected chi connectivity index (χ1v) is 12.7. The summed E-state index contributed by atoms with van der Waals surface area (Å²) >= 11 is 0. The molecule has 1 aromatic carbocycles. The van der Waals surface area contributed by atoms with Crippen molar-refractivity contribution in [3.63, 3.8) is 0 Å². The van der Waals surface area contributed by atoms with E-state index in [0.717, 1.165) is 69.1 Å². The Labute approximate surface area is 204 Å². The van der Waals surface area contributed by atoms with Crippen molar-refractivity contribution in [1.82, 2.24) is 0 Å². The molecule has 2 aliphatic rings. The van der Waals surface area contributed by atoms with Gasteiger partial charge >= 0.3 is 5.97 Å². The number of hydrogen-bond acceptors (Lipinski definition) is 5. The van der Waals surface area contributed by atoms with E-state index in [9.17, 15) is 15.0 Å². The lowest BCUT2D eigenvalue weighted by Gasteiger charge is -2.32. The predicted octanol–water partition coefficient (Wildman–Crippen LogP) is 4.07. The first-order chi connectivity index (χ1) is 16.5. The van der Waals surface area contributed by atoms with Crippen LogP contribution in [0.1, 0.15) is 69.9 Å². The summed E-state index contributed by atoms with van der Waals surface area (Å²) in [6, 6.07) is 5.99. The molecule has 5 nitrogen and oxygen atoms in total. The van der Waals surface area contributed by atoms with E-state index < -0.39 is 5.97 Å². The Morgan fingerprint density at radius 2 is 2.06 bits per heavy atom. The number of hydrogen-bond donors (Lipinski definition) is 2. The van der Waals surface area contributed by atoms with Crippen molar-refractivity contribution in [1.29, 1.82) is 0 Å². The highest BCUT2D eigenvalue weighted by Crippen LogP contribution is 2.48. The van der Waals surface area contributed by atoms with E-state index in [2.05, 4.69) is 36.7 Å². The maximum absolute atomic E-state index is 12.0. The second-order valence-corrected chi connectivity index (χ2v) is 9.55. The van der Waals surface area contributed by atoms with Gasteiger partial charge in [-0.15, -0.1) is 0 Å². The molecule has 34 heavy (non-hydrogen) atoms. The van der Waals surface area contributed by atoms with Gasteiger partial charge in [0.1, 0.15) is 5.75 Å². The Hall–Kier alpha value is -2.47. The maximum Gasteiger partial charge on any atom is 0.345 e. The molecule has 2 aliphatic carbocycles. The zero-order chi connectivity index (χ0) is 24.3. The van der Waals surface area contributed by atoms with Crippen LogP contribution in [0.5, 0.6) is 5.75 Å². The van der Waals surface area contributed by atoms with Crippen LogP contribution in [0.2, 0.25) is 0 Å². The van der Waals surface area contributed by atoms with Crippen LogP contribution >= 0.6 is 0 Å². The van der Waals surface area contributed by atoms with Crippen LogP contribution in [0.3, 0.4) is 0 Å². The summed E-state index contributed by atoms with van der Waals surface area (Å²) in [5, 5.41) is 21.2. The second kappa shape index (κ2) is 13.4. The highest BCUT2D eigenvalue weighted by Gasteiger charge is 2.44. The third-order valence-corrected chi connectivity index (χ3v) is 7.25. The summed E-state index contributed by atoms with van der Waals surface area (Å²) < 4.78 is 10.9. The molecule has 0 saturated heterocycles.